The molecule has 0 spiro atoms. The average Bonchev–Trinajstić information content (AvgIpc) is 2.37. The smallest absolute Gasteiger partial charge is 0.239 e. The summed E-state index contributed by atoms with van der Waals surface area (Å²) in [5, 5.41) is 5.79. The molecule has 0 radical (unpaired) electrons. The molecule has 19 heavy (non-hydrogen) atoms. The fraction of sp³-hybridized carbons (Fsp3) is 0.750. The predicted octanol–water partition coefficient (Wildman–Crippen LogP) is -1.39. The van der Waals surface area contributed by atoms with Gasteiger partial charge in [0.05, 0.1) is 5.92 Å². The second-order valence-electron chi connectivity index (χ2n) is 4.87. The minimum Gasteiger partial charge on any atom is -0.370 e. The highest BCUT2D eigenvalue weighted by molar-refractivity contribution is 5.87. The molecule has 1 aliphatic heterocycles. The van der Waals surface area contributed by atoms with Gasteiger partial charge in [-0.3, -0.25) is 14.4 Å². The molecule has 1 fully saturated rings. The summed E-state index contributed by atoms with van der Waals surface area (Å²) in [5.74, 6) is -1.28. The van der Waals surface area contributed by atoms with Crippen molar-refractivity contribution in [2.75, 3.05) is 13.1 Å². The normalized spacial score (nSPS) is 20.5. The molecular weight excluding hydrogens is 248 g/mol. The van der Waals surface area contributed by atoms with Crippen LogP contribution in [0.1, 0.15) is 32.1 Å². The van der Waals surface area contributed by atoms with Crippen molar-refractivity contribution < 1.29 is 14.4 Å². The third-order valence-corrected chi connectivity index (χ3v) is 3.24. The van der Waals surface area contributed by atoms with Crippen LogP contribution >= 0.6 is 0 Å². The largest absolute Gasteiger partial charge is 0.370 e. The fourth-order valence-electron chi connectivity index (χ4n) is 2.13. The van der Waals surface area contributed by atoms with E-state index >= 15 is 0 Å². The van der Waals surface area contributed by atoms with Crippen LogP contribution in [-0.2, 0) is 14.4 Å². The van der Waals surface area contributed by atoms with E-state index < -0.39 is 17.9 Å². The van der Waals surface area contributed by atoms with Crippen LogP contribution in [0, 0.1) is 5.92 Å². The van der Waals surface area contributed by atoms with E-state index in [1.165, 1.54) is 0 Å². The standard InChI is InChI=1S/C12H22N4O3/c13-10(17)5-1-4-9(11(14)18)16-12(19)8-3-2-6-15-7-8/h8-9,15H,1-7H2,(H2,13,17)(H2,14,18)(H,16,19)/t8-,9?/m1/s1. The third-order valence-electron chi connectivity index (χ3n) is 3.24. The highest BCUT2D eigenvalue weighted by Crippen LogP contribution is 2.11. The van der Waals surface area contributed by atoms with Crippen molar-refractivity contribution in [3.8, 4) is 0 Å². The zero-order chi connectivity index (χ0) is 14.3. The van der Waals surface area contributed by atoms with Crippen LogP contribution in [0.3, 0.4) is 0 Å². The molecule has 1 aliphatic rings. The van der Waals surface area contributed by atoms with Gasteiger partial charge in [-0.1, -0.05) is 0 Å². The molecular formula is C12H22N4O3. The lowest BCUT2D eigenvalue weighted by Gasteiger charge is -2.24. The van der Waals surface area contributed by atoms with Gasteiger partial charge < -0.3 is 22.1 Å². The third kappa shape index (κ3) is 5.69. The lowest BCUT2D eigenvalue weighted by molar-refractivity contribution is -0.130. The zero-order valence-electron chi connectivity index (χ0n) is 11.0. The van der Waals surface area contributed by atoms with E-state index in [9.17, 15) is 14.4 Å². The summed E-state index contributed by atoms with van der Waals surface area (Å²) in [6, 6.07) is -0.728. The van der Waals surface area contributed by atoms with Crippen molar-refractivity contribution in [2.24, 2.45) is 17.4 Å². The van der Waals surface area contributed by atoms with Crippen LogP contribution in [0.2, 0.25) is 0 Å². The van der Waals surface area contributed by atoms with E-state index in [0.717, 1.165) is 19.4 Å². The number of primary amides is 2. The molecule has 1 unspecified atom stereocenters. The molecule has 3 amide bonds. The first-order valence-electron chi connectivity index (χ1n) is 6.59. The summed E-state index contributed by atoms with van der Waals surface area (Å²) in [6.07, 6.45) is 2.72. The lowest BCUT2D eigenvalue weighted by atomic mass is 9.98. The van der Waals surface area contributed by atoms with Gasteiger partial charge in [0.25, 0.3) is 0 Å². The molecule has 0 saturated carbocycles. The molecule has 108 valence electrons. The maximum Gasteiger partial charge on any atom is 0.239 e. The van der Waals surface area contributed by atoms with Crippen molar-refractivity contribution in [1.82, 2.24) is 10.6 Å². The number of hydrogen-bond donors (Lipinski definition) is 4. The van der Waals surface area contributed by atoms with Crippen molar-refractivity contribution in [3.63, 3.8) is 0 Å². The highest BCUT2D eigenvalue weighted by Gasteiger charge is 2.25. The summed E-state index contributed by atoms with van der Waals surface area (Å²) in [5.41, 5.74) is 10.3. The van der Waals surface area contributed by atoms with E-state index in [0.29, 0.717) is 19.4 Å². The summed E-state index contributed by atoms with van der Waals surface area (Å²) < 4.78 is 0. The number of piperidine rings is 1. The van der Waals surface area contributed by atoms with Gasteiger partial charge >= 0.3 is 0 Å². The van der Waals surface area contributed by atoms with Gasteiger partial charge in [-0.25, -0.2) is 0 Å². The number of nitrogens with one attached hydrogen (secondary N) is 2. The second kappa shape index (κ2) is 7.73. The molecule has 0 aromatic heterocycles. The summed E-state index contributed by atoms with van der Waals surface area (Å²) in [7, 11) is 0. The van der Waals surface area contributed by atoms with Gasteiger partial charge in [0.1, 0.15) is 6.04 Å². The number of rotatable bonds is 7. The quantitative estimate of drug-likeness (QED) is 0.454. The van der Waals surface area contributed by atoms with Crippen LogP contribution in [0.15, 0.2) is 0 Å². The number of carbonyl (C=O) groups is 3. The molecule has 0 aliphatic carbocycles. The minimum atomic E-state index is -0.728. The van der Waals surface area contributed by atoms with Gasteiger partial charge in [-0.15, -0.1) is 0 Å². The first kappa shape index (κ1) is 15.4. The molecule has 0 aromatic carbocycles. The monoisotopic (exact) mass is 270 g/mol. The Morgan fingerprint density at radius 1 is 1.32 bits per heavy atom. The van der Waals surface area contributed by atoms with Crippen molar-refractivity contribution >= 4 is 17.7 Å². The zero-order valence-corrected chi connectivity index (χ0v) is 11.0. The summed E-state index contributed by atoms with van der Waals surface area (Å²) in [6.45, 7) is 1.54. The maximum atomic E-state index is 12.0. The average molecular weight is 270 g/mol. The van der Waals surface area contributed by atoms with E-state index in [1.807, 2.05) is 0 Å². The van der Waals surface area contributed by atoms with Crippen molar-refractivity contribution in [2.45, 2.75) is 38.1 Å². The molecule has 1 heterocycles. The molecule has 1 rings (SSSR count). The second-order valence-corrected chi connectivity index (χ2v) is 4.87. The van der Waals surface area contributed by atoms with Gasteiger partial charge in [-0.2, -0.15) is 0 Å². The van der Waals surface area contributed by atoms with Crippen LogP contribution in [0.25, 0.3) is 0 Å². The van der Waals surface area contributed by atoms with Gasteiger partial charge in [0, 0.05) is 13.0 Å². The van der Waals surface area contributed by atoms with E-state index in [4.69, 9.17) is 11.5 Å². The Kier molecular flexibility index (Phi) is 6.27. The van der Waals surface area contributed by atoms with Crippen LogP contribution in [0.4, 0.5) is 0 Å². The van der Waals surface area contributed by atoms with Gasteiger partial charge in [0.15, 0.2) is 0 Å². The Morgan fingerprint density at radius 3 is 2.58 bits per heavy atom. The Labute approximate surface area is 112 Å². The molecule has 7 heteroatoms. The van der Waals surface area contributed by atoms with Gasteiger partial charge in [0.2, 0.25) is 17.7 Å². The number of nitrogens with two attached hydrogens (primary N) is 2. The molecule has 2 atom stereocenters. The molecule has 6 N–H and O–H groups in total. The number of hydrogen-bond acceptors (Lipinski definition) is 4. The maximum absolute atomic E-state index is 12.0. The summed E-state index contributed by atoms with van der Waals surface area (Å²) in [4.78, 5) is 33.9. The highest BCUT2D eigenvalue weighted by atomic mass is 16.2. The molecule has 0 bridgehead atoms. The first-order valence-corrected chi connectivity index (χ1v) is 6.59. The van der Waals surface area contributed by atoms with Crippen molar-refractivity contribution in [3.05, 3.63) is 0 Å². The lowest BCUT2D eigenvalue weighted by Crippen LogP contribution is -2.49. The molecule has 0 aromatic rings. The van der Waals surface area contributed by atoms with E-state index in [2.05, 4.69) is 10.6 Å². The first-order chi connectivity index (χ1) is 9.00. The Morgan fingerprint density at radius 2 is 2.05 bits per heavy atom. The Balaban J connectivity index is 2.41. The number of amides is 3. The summed E-state index contributed by atoms with van der Waals surface area (Å²) >= 11 is 0. The Hall–Kier alpha value is -1.63. The van der Waals surface area contributed by atoms with E-state index in [-0.39, 0.29) is 18.2 Å². The van der Waals surface area contributed by atoms with Gasteiger partial charge in [-0.05, 0) is 32.2 Å². The predicted molar refractivity (Wildman–Crippen MR) is 69.8 cm³/mol. The fourth-order valence-corrected chi connectivity index (χ4v) is 2.13. The van der Waals surface area contributed by atoms with Crippen molar-refractivity contribution in [1.29, 1.82) is 0 Å². The topological polar surface area (TPSA) is 127 Å². The van der Waals surface area contributed by atoms with Crippen LogP contribution in [0.5, 0.6) is 0 Å². The SMILES string of the molecule is NC(=O)CCCC(NC(=O)[C@@H]1CCCNC1)C(N)=O. The molecule has 1 saturated heterocycles. The van der Waals surface area contributed by atoms with E-state index in [1.54, 1.807) is 0 Å². The Bertz CT molecular complexity index is 340. The van der Waals surface area contributed by atoms with Crippen LogP contribution < -0.4 is 22.1 Å². The molecule has 7 nitrogen and oxygen atoms in total. The number of carbonyl (C=O) groups excluding carboxylic acids is 3. The van der Waals surface area contributed by atoms with Crippen LogP contribution in [-0.4, -0.2) is 36.9 Å². The minimum absolute atomic E-state index is 0.119.